The zero-order valence-electron chi connectivity index (χ0n) is 13.9. The summed E-state index contributed by atoms with van der Waals surface area (Å²) in [7, 11) is 0. The second-order valence-corrected chi connectivity index (χ2v) is 6.93. The van der Waals surface area contributed by atoms with Gasteiger partial charge < -0.3 is 4.98 Å². The number of rotatable bonds is 6. The maximum absolute atomic E-state index is 13.3. The first-order valence-electron chi connectivity index (χ1n) is 8.13. The van der Waals surface area contributed by atoms with Gasteiger partial charge in [-0.05, 0) is 65.4 Å². The molecule has 1 aromatic carbocycles. The summed E-state index contributed by atoms with van der Waals surface area (Å²) in [6, 6.07) is 8.84. The first-order chi connectivity index (χ1) is 11.6. The first-order valence-corrected chi connectivity index (χ1v) is 9.07. The quantitative estimate of drug-likeness (QED) is 0.713. The highest BCUT2D eigenvalue weighted by atomic mass is 32.1. The Morgan fingerprint density at radius 3 is 2.79 bits per heavy atom. The van der Waals surface area contributed by atoms with Crippen LogP contribution in [0.15, 0.2) is 45.9 Å². The molecule has 0 fully saturated rings. The molecule has 1 atom stereocenters. The van der Waals surface area contributed by atoms with Gasteiger partial charge in [0.05, 0.1) is 5.52 Å². The summed E-state index contributed by atoms with van der Waals surface area (Å²) < 4.78 is 13.3. The molecule has 0 bridgehead atoms. The minimum atomic E-state index is -0.343. The van der Waals surface area contributed by atoms with Gasteiger partial charge in [-0.2, -0.15) is 11.3 Å². The average molecular weight is 344 g/mol. The third kappa shape index (κ3) is 3.74. The second kappa shape index (κ2) is 7.28. The number of fused-ring (bicyclic) bond motifs is 1. The zero-order chi connectivity index (χ0) is 17.1. The van der Waals surface area contributed by atoms with E-state index in [0.29, 0.717) is 23.7 Å². The smallest absolute Gasteiger partial charge is 0.252 e. The van der Waals surface area contributed by atoms with E-state index >= 15 is 0 Å². The van der Waals surface area contributed by atoms with E-state index in [1.165, 1.54) is 17.7 Å². The van der Waals surface area contributed by atoms with Gasteiger partial charge in [-0.3, -0.25) is 9.69 Å². The number of nitrogens with one attached hydrogen (secondary N) is 1. The molecule has 3 nitrogen and oxygen atoms in total. The van der Waals surface area contributed by atoms with Crippen molar-refractivity contribution in [2.75, 3.05) is 0 Å². The van der Waals surface area contributed by atoms with E-state index < -0.39 is 0 Å². The molecular formula is C19H21FN2OS. The van der Waals surface area contributed by atoms with E-state index in [1.807, 2.05) is 6.07 Å². The average Bonchev–Trinajstić information content (AvgIpc) is 3.07. The van der Waals surface area contributed by atoms with Gasteiger partial charge in [-0.25, -0.2) is 4.39 Å². The van der Waals surface area contributed by atoms with Crippen LogP contribution in [0.3, 0.4) is 0 Å². The van der Waals surface area contributed by atoms with E-state index in [0.717, 1.165) is 18.4 Å². The lowest BCUT2D eigenvalue weighted by Gasteiger charge is -2.28. The molecule has 0 amide bonds. The molecule has 0 radical (unpaired) electrons. The summed E-state index contributed by atoms with van der Waals surface area (Å²) in [5.74, 6) is -0.343. The predicted molar refractivity (Wildman–Crippen MR) is 97.8 cm³/mol. The molecule has 0 saturated carbocycles. The highest BCUT2D eigenvalue weighted by Crippen LogP contribution is 2.18. The van der Waals surface area contributed by atoms with Crippen molar-refractivity contribution in [3.05, 3.63) is 68.4 Å². The van der Waals surface area contributed by atoms with Crippen molar-refractivity contribution >= 4 is 22.2 Å². The van der Waals surface area contributed by atoms with E-state index in [9.17, 15) is 9.18 Å². The number of H-pyrrole nitrogens is 1. The molecule has 0 aliphatic heterocycles. The van der Waals surface area contributed by atoms with Gasteiger partial charge in [0.2, 0.25) is 0 Å². The predicted octanol–water partition coefficient (Wildman–Crippen LogP) is 4.53. The molecule has 5 heteroatoms. The summed E-state index contributed by atoms with van der Waals surface area (Å²) in [4.78, 5) is 17.5. The maximum atomic E-state index is 13.3. The SMILES string of the molecule is CC[C@H](C)N(Cc1ccsc1)Cc1cc2ccc(F)cc2[nH]c1=O. The summed E-state index contributed by atoms with van der Waals surface area (Å²) in [5, 5.41) is 5.07. The van der Waals surface area contributed by atoms with E-state index in [2.05, 4.69) is 40.6 Å². The molecule has 3 rings (SSSR count). The number of pyridine rings is 1. The summed E-state index contributed by atoms with van der Waals surface area (Å²) in [5.41, 5.74) is 2.37. The number of hydrogen-bond donors (Lipinski definition) is 1. The Hall–Kier alpha value is -1.98. The molecular weight excluding hydrogens is 323 g/mol. The topological polar surface area (TPSA) is 36.1 Å². The van der Waals surface area contributed by atoms with Gasteiger partial charge in [0.1, 0.15) is 5.82 Å². The third-order valence-corrected chi connectivity index (χ3v) is 5.17. The number of aromatic amines is 1. The van der Waals surface area contributed by atoms with Crippen molar-refractivity contribution in [2.24, 2.45) is 0 Å². The minimum absolute atomic E-state index is 0.147. The van der Waals surface area contributed by atoms with Gasteiger partial charge in [-0.15, -0.1) is 0 Å². The van der Waals surface area contributed by atoms with Crippen LogP contribution in [0.4, 0.5) is 4.39 Å². The van der Waals surface area contributed by atoms with Crippen LogP contribution in [0.5, 0.6) is 0 Å². The monoisotopic (exact) mass is 344 g/mol. The highest BCUT2D eigenvalue weighted by molar-refractivity contribution is 7.07. The lowest BCUT2D eigenvalue weighted by Crippen LogP contribution is -2.33. The lowest BCUT2D eigenvalue weighted by molar-refractivity contribution is 0.185. The highest BCUT2D eigenvalue weighted by Gasteiger charge is 2.16. The van der Waals surface area contributed by atoms with Crippen molar-refractivity contribution in [3.63, 3.8) is 0 Å². The Morgan fingerprint density at radius 2 is 2.08 bits per heavy atom. The Morgan fingerprint density at radius 1 is 1.25 bits per heavy atom. The Balaban J connectivity index is 1.91. The first kappa shape index (κ1) is 16.9. The van der Waals surface area contributed by atoms with Gasteiger partial charge in [0.15, 0.2) is 0 Å². The molecule has 0 unspecified atom stereocenters. The molecule has 126 valence electrons. The van der Waals surface area contributed by atoms with Gasteiger partial charge in [0, 0.05) is 24.7 Å². The third-order valence-electron chi connectivity index (χ3n) is 4.44. The second-order valence-electron chi connectivity index (χ2n) is 6.15. The van der Waals surface area contributed by atoms with Crippen LogP contribution in [-0.2, 0) is 13.1 Å². The lowest BCUT2D eigenvalue weighted by atomic mass is 10.1. The molecule has 0 aliphatic rings. The number of aromatic nitrogens is 1. The fourth-order valence-electron chi connectivity index (χ4n) is 2.80. The number of nitrogens with zero attached hydrogens (tertiary/aromatic N) is 1. The molecule has 2 heterocycles. The summed E-state index contributed by atoms with van der Waals surface area (Å²) in [6.07, 6.45) is 1.01. The number of thiophene rings is 1. The van der Waals surface area contributed by atoms with Crippen LogP contribution in [0.2, 0.25) is 0 Å². The normalized spacial score (nSPS) is 12.8. The van der Waals surface area contributed by atoms with Crippen molar-refractivity contribution in [3.8, 4) is 0 Å². The molecule has 0 aliphatic carbocycles. The van der Waals surface area contributed by atoms with Crippen molar-refractivity contribution in [1.29, 1.82) is 0 Å². The van der Waals surface area contributed by atoms with E-state index in [4.69, 9.17) is 0 Å². The molecule has 0 saturated heterocycles. The number of benzene rings is 1. The zero-order valence-corrected chi connectivity index (χ0v) is 14.7. The summed E-state index contributed by atoms with van der Waals surface area (Å²) in [6.45, 7) is 5.72. The molecule has 1 N–H and O–H groups in total. The Bertz CT molecular complexity index is 873. The fourth-order valence-corrected chi connectivity index (χ4v) is 3.46. The molecule has 2 aromatic heterocycles. The molecule has 3 aromatic rings. The minimum Gasteiger partial charge on any atom is -0.322 e. The van der Waals surface area contributed by atoms with Crippen LogP contribution in [0, 0.1) is 5.82 Å². The maximum Gasteiger partial charge on any atom is 0.252 e. The van der Waals surface area contributed by atoms with Crippen LogP contribution in [0.1, 0.15) is 31.4 Å². The fraction of sp³-hybridized carbons (Fsp3) is 0.316. The molecule has 24 heavy (non-hydrogen) atoms. The van der Waals surface area contributed by atoms with Crippen molar-refractivity contribution in [2.45, 2.75) is 39.4 Å². The van der Waals surface area contributed by atoms with Crippen LogP contribution in [0.25, 0.3) is 10.9 Å². The van der Waals surface area contributed by atoms with Crippen molar-refractivity contribution in [1.82, 2.24) is 9.88 Å². The van der Waals surface area contributed by atoms with Gasteiger partial charge in [0.25, 0.3) is 5.56 Å². The van der Waals surface area contributed by atoms with Gasteiger partial charge >= 0.3 is 0 Å². The van der Waals surface area contributed by atoms with Crippen LogP contribution < -0.4 is 5.56 Å². The Kier molecular flexibility index (Phi) is 5.11. The summed E-state index contributed by atoms with van der Waals surface area (Å²) >= 11 is 1.68. The Labute approximate surface area is 144 Å². The van der Waals surface area contributed by atoms with E-state index in [1.54, 1.807) is 17.4 Å². The largest absolute Gasteiger partial charge is 0.322 e. The van der Waals surface area contributed by atoms with Crippen LogP contribution in [-0.4, -0.2) is 15.9 Å². The standard InChI is InChI=1S/C19H21FN2OS/c1-3-13(2)22(10-14-6-7-24-12-14)11-16-8-15-4-5-17(20)9-18(15)21-19(16)23/h4-9,12-13H,3,10-11H2,1-2H3,(H,21,23)/t13-/m0/s1. The van der Waals surface area contributed by atoms with E-state index in [-0.39, 0.29) is 11.4 Å². The number of halogens is 1. The molecule has 0 spiro atoms. The number of hydrogen-bond acceptors (Lipinski definition) is 3. The van der Waals surface area contributed by atoms with Crippen LogP contribution >= 0.6 is 11.3 Å². The van der Waals surface area contributed by atoms with Crippen molar-refractivity contribution < 1.29 is 4.39 Å². The van der Waals surface area contributed by atoms with Gasteiger partial charge in [-0.1, -0.05) is 6.92 Å².